The van der Waals surface area contributed by atoms with Crippen LogP contribution in [-0.4, -0.2) is 36.4 Å². The smallest absolute Gasteiger partial charge is 0.306 e. The van der Waals surface area contributed by atoms with E-state index in [0.29, 0.717) is 12.8 Å². The minimum Gasteiger partial charge on any atom is -0.462 e. The predicted octanol–water partition coefficient (Wildman–Crippen LogP) is 16.4. The van der Waals surface area contributed by atoms with E-state index in [0.717, 1.165) is 96.3 Å². The minimum absolute atomic E-state index is 0.0839. The molecule has 60 heavy (non-hydrogen) atoms. The molecule has 1 unspecified atom stereocenters. The molecule has 0 aromatic carbocycles. The Morgan fingerprint density at radius 1 is 0.383 bits per heavy atom. The Bertz CT molecular complexity index is 1170. The number of aliphatic hydroxyl groups is 1. The van der Waals surface area contributed by atoms with Crippen molar-refractivity contribution in [3.63, 3.8) is 0 Å². The molecule has 0 radical (unpaired) electrons. The van der Waals surface area contributed by atoms with Crippen LogP contribution in [0.4, 0.5) is 0 Å². The Morgan fingerprint density at radius 3 is 1.02 bits per heavy atom. The molecule has 0 heterocycles. The van der Waals surface area contributed by atoms with Crippen LogP contribution >= 0.6 is 0 Å². The standard InChI is InChI=1S/C55H92O5/c1-3-5-7-9-11-13-15-17-18-19-20-21-22-23-24-25-26-27-28-29-30-31-32-33-34-35-36-38-40-42-44-46-48-50-55(58)60-53(51-56)52-59-54(57)49-47-45-43-41-39-37-16-14-12-10-8-6-4-2/h5-8,11-14,17-18,20-21,23-24,37,39,53,56H,3-4,9-10,15-16,19,22,25-36,38,40-52H2,1-2H3/b7-5-,8-6-,13-11-,14-12-,18-17-,21-20-,24-23-,39-37-. The van der Waals surface area contributed by atoms with Crippen LogP contribution in [0, 0.1) is 0 Å². The number of ether oxygens (including phenoxy) is 2. The van der Waals surface area contributed by atoms with Gasteiger partial charge < -0.3 is 14.6 Å². The van der Waals surface area contributed by atoms with E-state index in [4.69, 9.17) is 9.47 Å². The second-order valence-electron chi connectivity index (χ2n) is 16.1. The van der Waals surface area contributed by atoms with E-state index < -0.39 is 6.10 Å². The second-order valence-corrected chi connectivity index (χ2v) is 16.1. The zero-order valence-corrected chi connectivity index (χ0v) is 38.9. The quantitative estimate of drug-likeness (QED) is 0.0376. The highest BCUT2D eigenvalue weighted by Crippen LogP contribution is 2.15. The summed E-state index contributed by atoms with van der Waals surface area (Å²) in [5, 5.41) is 9.59. The van der Waals surface area contributed by atoms with Crippen molar-refractivity contribution in [3.05, 3.63) is 97.2 Å². The molecule has 0 aliphatic heterocycles. The molecule has 0 fully saturated rings. The van der Waals surface area contributed by atoms with Crippen LogP contribution in [0.25, 0.3) is 0 Å². The summed E-state index contributed by atoms with van der Waals surface area (Å²) in [4.78, 5) is 24.3. The lowest BCUT2D eigenvalue weighted by Gasteiger charge is -2.15. The SMILES string of the molecule is CC/C=C\C/C=C\C/C=C\C/C=C\C/C=C\CCCCCCCCCCCCCCCCCCCC(=O)OC(CO)COC(=O)CCCCC/C=C\C/C=C\C/C=C\CC. The molecule has 0 amide bonds. The number of hydrogen-bond acceptors (Lipinski definition) is 5. The first kappa shape index (κ1) is 56.8. The van der Waals surface area contributed by atoms with Gasteiger partial charge in [-0.2, -0.15) is 0 Å². The van der Waals surface area contributed by atoms with Gasteiger partial charge in [0.1, 0.15) is 6.61 Å². The first-order chi connectivity index (χ1) is 29.6. The summed E-state index contributed by atoms with van der Waals surface area (Å²) in [6, 6.07) is 0. The van der Waals surface area contributed by atoms with Gasteiger partial charge >= 0.3 is 11.9 Å². The van der Waals surface area contributed by atoms with Gasteiger partial charge in [0.2, 0.25) is 0 Å². The number of carbonyl (C=O) groups is 2. The van der Waals surface area contributed by atoms with Gasteiger partial charge in [-0.1, -0.05) is 214 Å². The summed E-state index contributed by atoms with van der Waals surface area (Å²) in [5.74, 6) is -0.627. The van der Waals surface area contributed by atoms with Gasteiger partial charge in [-0.25, -0.2) is 0 Å². The highest BCUT2D eigenvalue weighted by Gasteiger charge is 2.16. The Hall–Kier alpha value is -3.18. The molecule has 0 aliphatic carbocycles. The van der Waals surface area contributed by atoms with Crippen molar-refractivity contribution in [2.45, 2.75) is 225 Å². The van der Waals surface area contributed by atoms with Gasteiger partial charge in [-0.15, -0.1) is 0 Å². The molecule has 0 saturated carbocycles. The fraction of sp³-hybridized carbons (Fsp3) is 0.673. The Morgan fingerprint density at radius 2 is 0.667 bits per heavy atom. The molecule has 0 aromatic rings. The van der Waals surface area contributed by atoms with Crippen molar-refractivity contribution < 1.29 is 24.2 Å². The fourth-order valence-electron chi connectivity index (χ4n) is 6.71. The third kappa shape index (κ3) is 47.5. The van der Waals surface area contributed by atoms with Gasteiger partial charge in [0.05, 0.1) is 6.61 Å². The van der Waals surface area contributed by atoms with E-state index in [2.05, 4.69) is 111 Å². The number of aliphatic hydroxyl groups excluding tert-OH is 1. The van der Waals surface area contributed by atoms with Crippen LogP contribution in [0.5, 0.6) is 0 Å². The molecule has 0 aromatic heterocycles. The van der Waals surface area contributed by atoms with E-state index in [-0.39, 0.29) is 25.2 Å². The van der Waals surface area contributed by atoms with Crippen LogP contribution in [0.2, 0.25) is 0 Å². The van der Waals surface area contributed by atoms with Crippen molar-refractivity contribution in [2.24, 2.45) is 0 Å². The average molecular weight is 833 g/mol. The molecule has 1 atom stereocenters. The highest BCUT2D eigenvalue weighted by molar-refractivity contribution is 5.70. The third-order valence-electron chi connectivity index (χ3n) is 10.4. The molecule has 0 aliphatic rings. The maximum absolute atomic E-state index is 12.2. The maximum atomic E-state index is 12.2. The molecule has 1 N–H and O–H groups in total. The molecule has 0 saturated heterocycles. The molecular weight excluding hydrogens is 741 g/mol. The van der Waals surface area contributed by atoms with Gasteiger partial charge in [0.15, 0.2) is 6.10 Å². The lowest BCUT2D eigenvalue weighted by molar-refractivity contribution is -0.161. The van der Waals surface area contributed by atoms with Crippen LogP contribution in [0.3, 0.4) is 0 Å². The molecule has 5 heteroatoms. The van der Waals surface area contributed by atoms with E-state index in [1.165, 1.54) is 96.3 Å². The first-order valence-corrected chi connectivity index (χ1v) is 24.8. The lowest BCUT2D eigenvalue weighted by Crippen LogP contribution is -2.28. The van der Waals surface area contributed by atoms with Crippen LogP contribution in [0.1, 0.15) is 219 Å². The minimum atomic E-state index is -0.787. The number of allylic oxidation sites excluding steroid dienone is 16. The summed E-state index contributed by atoms with van der Waals surface area (Å²) in [7, 11) is 0. The van der Waals surface area contributed by atoms with Crippen LogP contribution < -0.4 is 0 Å². The molecule has 0 rings (SSSR count). The molecule has 0 spiro atoms. The van der Waals surface area contributed by atoms with Crippen LogP contribution in [-0.2, 0) is 19.1 Å². The zero-order valence-electron chi connectivity index (χ0n) is 38.9. The van der Waals surface area contributed by atoms with Crippen molar-refractivity contribution in [1.82, 2.24) is 0 Å². The maximum Gasteiger partial charge on any atom is 0.306 e. The van der Waals surface area contributed by atoms with Crippen LogP contribution in [0.15, 0.2) is 97.2 Å². The highest BCUT2D eigenvalue weighted by atomic mass is 16.6. The molecule has 342 valence electrons. The second kappa shape index (κ2) is 50.2. The zero-order chi connectivity index (χ0) is 43.5. The largest absolute Gasteiger partial charge is 0.462 e. The summed E-state index contributed by atoms with van der Waals surface area (Å²) < 4.78 is 10.6. The number of unbranched alkanes of at least 4 members (excludes halogenated alkanes) is 20. The molecule has 0 bridgehead atoms. The summed E-state index contributed by atoms with van der Waals surface area (Å²) >= 11 is 0. The number of carbonyl (C=O) groups excluding carboxylic acids is 2. The first-order valence-electron chi connectivity index (χ1n) is 24.8. The molecular formula is C55H92O5. The lowest BCUT2D eigenvalue weighted by atomic mass is 10.0. The summed E-state index contributed by atoms with van der Waals surface area (Å²) in [6.45, 7) is 3.88. The number of rotatable bonds is 44. The Kier molecular flexibility index (Phi) is 47.5. The Balaban J connectivity index is 3.49. The van der Waals surface area contributed by atoms with Gasteiger partial charge in [0, 0.05) is 12.8 Å². The van der Waals surface area contributed by atoms with E-state index >= 15 is 0 Å². The fourth-order valence-corrected chi connectivity index (χ4v) is 6.71. The van der Waals surface area contributed by atoms with E-state index in [9.17, 15) is 14.7 Å². The number of esters is 2. The third-order valence-corrected chi connectivity index (χ3v) is 10.4. The molecule has 5 nitrogen and oxygen atoms in total. The predicted molar refractivity (Wildman–Crippen MR) is 260 cm³/mol. The topological polar surface area (TPSA) is 72.8 Å². The monoisotopic (exact) mass is 833 g/mol. The summed E-state index contributed by atoms with van der Waals surface area (Å²) in [5.41, 5.74) is 0. The number of hydrogen-bond donors (Lipinski definition) is 1. The van der Waals surface area contributed by atoms with Crippen molar-refractivity contribution in [1.29, 1.82) is 0 Å². The van der Waals surface area contributed by atoms with Crippen molar-refractivity contribution >= 4 is 11.9 Å². The van der Waals surface area contributed by atoms with E-state index in [1.54, 1.807) is 0 Å². The van der Waals surface area contributed by atoms with Gasteiger partial charge in [-0.3, -0.25) is 9.59 Å². The summed E-state index contributed by atoms with van der Waals surface area (Å²) in [6.07, 6.45) is 70.9. The van der Waals surface area contributed by atoms with Crippen molar-refractivity contribution in [3.8, 4) is 0 Å². The van der Waals surface area contributed by atoms with Crippen molar-refractivity contribution in [2.75, 3.05) is 13.2 Å². The Labute approximate surface area is 370 Å². The normalized spacial score (nSPS) is 13.1. The average Bonchev–Trinajstić information content (AvgIpc) is 3.25. The van der Waals surface area contributed by atoms with Gasteiger partial charge in [-0.05, 0) is 89.9 Å². The van der Waals surface area contributed by atoms with Gasteiger partial charge in [0.25, 0.3) is 0 Å². The van der Waals surface area contributed by atoms with E-state index in [1.807, 2.05) is 0 Å².